The molecule has 0 bridgehead atoms. The summed E-state index contributed by atoms with van der Waals surface area (Å²) in [5, 5.41) is 10.0. The molecule has 1 aliphatic rings. The number of aryl methyl sites for hydroxylation is 1. The molecule has 0 aromatic heterocycles. The third kappa shape index (κ3) is 1.49. The van der Waals surface area contributed by atoms with Gasteiger partial charge in [-0.05, 0) is 36.1 Å². The van der Waals surface area contributed by atoms with Gasteiger partial charge in [-0.25, -0.2) is 0 Å². The van der Waals surface area contributed by atoms with Crippen molar-refractivity contribution in [3.63, 3.8) is 0 Å². The third-order valence-electron chi connectivity index (χ3n) is 2.53. The highest BCUT2D eigenvalue weighted by Gasteiger charge is 2.30. The maximum absolute atomic E-state index is 10.9. The molecular weight excluding hydrogens is 223 g/mol. The molecule has 0 heterocycles. The van der Waals surface area contributed by atoms with Gasteiger partial charge in [0.15, 0.2) is 0 Å². The van der Waals surface area contributed by atoms with E-state index in [-0.39, 0.29) is 0 Å². The molecule has 74 valence electrons. The molecular formula is C10H8Cl2O2. The van der Waals surface area contributed by atoms with Crippen LogP contribution in [0.3, 0.4) is 0 Å². The van der Waals surface area contributed by atoms with Crippen molar-refractivity contribution in [1.82, 2.24) is 0 Å². The summed E-state index contributed by atoms with van der Waals surface area (Å²) in [7, 11) is 0. The number of rotatable bonds is 1. The molecule has 1 aromatic rings. The molecule has 0 saturated carbocycles. The van der Waals surface area contributed by atoms with Gasteiger partial charge >= 0.3 is 5.97 Å². The SMILES string of the molecule is O=C(O)C1CCc2cc(Cl)cc(Cl)c21. The van der Waals surface area contributed by atoms with Crippen LogP contribution in [0.2, 0.25) is 10.0 Å². The molecule has 1 aliphatic carbocycles. The molecule has 14 heavy (non-hydrogen) atoms. The van der Waals surface area contributed by atoms with Crippen molar-refractivity contribution in [1.29, 1.82) is 0 Å². The monoisotopic (exact) mass is 230 g/mol. The van der Waals surface area contributed by atoms with E-state index in [9.17, 15) is 4.79 Å². The van der Waals surface area contributed by atoms with E-state index in [0.29, 0.717) is 16.5 Å². The minimum atomic E-state index is -0.812. The van der Waals surface area contributed by atoms with Gasteiger partial charge in [-0.15, -0.1) is 0 Å². The number of carboxylic acid groups (broad SMARTS) is 1. The Labute approximate surface area is 91.4 Å². The summed E-state index contributed by atoms with van der Waals surface area (Å²) in [4.78, 5) is 10.9. The summed E-state index contributed by atoms with van der Waals surface area (Å²) in [6.45, 7) is 0. The Morgan fingerprint density at radius 2 is 2.14 bits per heavy atom. The maximum Gasteiger partial charge on any atom is 0.311 e. The van der Waals surface area contributed by atoms with E-state index in [0.717, 1.165) is 17.5 Å². The highest BCUT2D eigenvalue weighted by Crippen LogP contribution is 2.39. The van der Waals surface area contributed by atoms with Crippen LogP contribution in [0.4, 0.5) is 0 Å². The van der Waals surface area contributed by atoms with Gasteiger partial charge in [0, 0.05) is 10.0 Å². The molecule has 0 aliphatic heterocycles. The molecule has 1 aromatic carbocycles. The number of aliphatic carboxylic acids is 1. The van der Waals surface area contributed by atoms with Crippen LogP contribution in [0.5, 0.6) is 0 Å². The Bertz CT molecular complexity index is 401. The smallest absolute Gasteiger partial charge is 0.311 e. The molecule has 1 atom stereocenters. The number of halogens is 2. The minimum absolute atomic E-state index is 0.463. The summed E-state index contributed by atoms with van der Waals surface area (Å²) in [6, 6.07) is 3.40. The first-order valence-electron chi connectivity index (χ1n) is 4.30. The Kier molecular flexibility index (Phi) is 2.41. The van der Waals surface area contributed by atoms with E-state index < -0.39 is 11.9 Å². The number of hydrogen-bond acceptors (Lipinski definition) is 1. The van der Waals surface area contributed by atoms with E-state index in [1.54, 1.807) is 12.1 Å². The second-order valence-electron chi connectivity index (χ2n) is 3.39. The first-order chi connectivity index (χ1) is 6.59. The summed E-state index contributed by atoms with van der Waals surface area (Å²) in [5.74, 6) is -1.28. The van der Waals surface area contributed by atoms with Crippen LogP contribution in [-0.4, -0.2) is 11.1 Å². The zero-order valence-corrected chi connectivity index (χ0v) is 8.77. The maximum atomic E-state index is 10.9. The highest BCUT2D eigenvalue weighted by molar-refractivity contribution is 6.35. The summed E-state index contributed by atoms with van der Waals surface area (Å²) in [6.07, 6.45) is 1.36. The normalized spacial score (nSPS) is 19.4. The van der Waals surface area contributed by atoms with Crippen molar-refractivity contribution in [2.24, 2.45) is 0 Å². The van der Waals surface area contributed by atoms with Gasteiger partial charge in [0.1, 0.15) is 0 Å². The van der Waals surface area contributed by atoms with Crippen LogP contribution in [-0.2, 0) is 11.2 Å². The lowest BCUT2D eigenvalue weighted by molar-refractivity contribution is -0.138. The Hall–Kier alpha value is -0.730. The van der Waals surface area contributed by atoms with E-state index in [1.165, 1.54) is 0 Å². The number of fused-ring (bicyclic) bond motifs is 1. The summed E-state index contributed by atoms with van der Waals surface area (Å²) >= 11 is 11.8. The quantitative estimate of drug-likeness (QED) is 0.806. The molecule has 0 radical (unpaired) electrons. The fourth-order valence-electron chi connectivity index (χ4n) is 1.93. The average molecular weight is 231 g/mol. The van der Waals surface area contributed by atoms with Crippen molar-refractivity contribution in [3.05, 3.63) is 33.3 Å². The van der Waals surface area contributed by atoms with Gasteiger partial charge in [0.2, 0.25) is 0 Å². The minimum Gasteiger partial charge on any atom is -0.481 e. The molecule has 0 saturated heterocycles. The molecule has 1 N–H and O–H groups in total. The fraction of sp³-hybridized carbons (Fsp3) is 0.300. The number of benzene rings is 1. The van der Waals surface area contributed by atoms with Crippen molar-refractivity contribution >= 4 is 29.2 Å². The van der Waals surface area contributed by atoms with Crippen LogP contribution in [0, 0.1) is 0 Å². The first kappa shape index (κ1) is 9.81. The second kappa shape index (κ2) is 3.44. The number of carbonyl (C=O) groups is 1. The molecule has 1 unspecified atom stereocenters. The Morgan fingerprint density at radius 1 is 1.43 bits per heavy atom. The lowest BCUT2D eigenvalue weighted by Crippen LogP contribution is -2.08. The lowest BCUT2D eigenvalue weighted by Gasteiger charge is -2.08. The molecule has 0 fully saturated rings. The molecule has 0 spiro atoms. The van der Waals surface area contributed by atoms with E-state index >= 15 is 0 Å². The zero-order valence-electron chi connectivity index (χ0n) is 7.26. The standard InChI is InChI=1S/C10H8Cl2O2/c11-6-3-5-1-2-7(10(13)14)9(5)8(12)4-6/h3-4,7H,1-2H2,(H,13,14). The van der Waals surface area contributed by atoms with Gasteiger partial charge in [-0.3, -0.25) is 4.79 Å². The lowest BCUT2D eigenvalue weighted by atomic mass is 10.0. The van der Waals surface area contributed by atoms with Crippen LogP contribution < -0.4 is 0 Å². The van der Waals surface area contributed by atoms with Gasteiger partial charge < -0.3 is 5.11 Å². The van der Waals surface area contributed by atoms with Crippen LogP contribution in [0.1, 0.15) is 23.5 Å². The van der Waals surface area contributed by atoms with Crippen LogP contribution >= 0.6 is 23.2 Å². The first-order valence-corrected chi connectivity index (χ1v) is 5.06. The summed E-state index contributed by atoms with van der Waals surface area (Å²) in [5.41, 5.74) is 1.71. The van der Waals surface area contributed by atoms with Gasteiger partial charge in [-0.2, -0.15) is 0 Å². The molecule has 2 nitrogen and oxygen atoms in total. The Morgan fingerprint density at radius 3 is 2.79 bits per heavy atom. The second-order valence-corrected chi connectivity index (χ2v) is 4.23. The fourth-order valence-corrected chi connectivity index (χ4v) is 2.59. The van der Waals surface area contributed by atoms with Gasteiger partial charge in [0.05, 0.1) is 5.92 Å². The van der Waals surface area contributed by atoms with E-state index in [1.807, 2.05) is 0 Å². The van der Waals surface area contributed by atoms with Crippen LogP contribution in [0.15, 0.2) is 12.1 Å². The largest absolute Gasteiger partial charge is 0.481 e. The third-order valence-corrected chi connectivity index (χ3v) is 3.06. The number of hydrogen-bond donors (Lipinski definition) is 1. The average Bonchev–Trinajstić information content (AvgIpc) is 2.47. The van der Waals surface area contributed by atoms with Gasteiger partial charge in [0.25, 0.3) is 0 Å². The molecule has 2 rings (SSSR count). The zero-order chi connectivity index (χ0) is 10.3. The topological polar surface area (TPSA) is 37.3 Å². The van der Waals surface area contributed by atoms with Crippen molar-refractivity contribution in [2.45, 2.75) is 18.8 Å². The Balaban J connectivity index is 2.54. The predicted molar refractivity (Wildman–Crippen MR) is 55.2 cm³/mol. The van der Waals surface area contributed by atoms with Crippen molar-refractivity contribution < 1.29 is 9.90 Å². The van der Waals surface area contributed by atoms with Crippen molar-refractivity contribution in [2.75, 3.05) is 0 Å². The van der Waals surface area contributed by atoms with Crippen LogP contribution in [0.25, 0.3) is 0 Å². The number of carboxylic acids is 1. The molecule has 0 amide bonds. The van der Waals surface area contributed by atoms with Gasteiger partial charge in [-0.1, -0.05) is 23.2 Å². The summed E-state index contributed by atoms with van der Waals surface area (Å²) < 4.78 is 0. The van der Waals surface area contributed by atoms with E-state index in [4.69, 9.17) is 28.3 Å². The predicted octanol–water partition coefficient (Wildman–Crippen LogP) is 3.11. The molecule has 4 heteroatoms. The highest BCUT2D eigenvalue weighted by atomic mass is 35.5. The van der Waals surface area contributed by atoms with Crippen molar-refractivity contribution in [3.8, 4) is 0 Å². The van der Waals surface area contributed by atoms with E-state index in [2.05, 4.69) is 0 Å².